The van der Waals surface area contributed by atoms with Crippen molar-refractivity contribution in [3.05, 3.63) is 16.4 Å². The summed E-state index contributed by atoms with van der Waals surface area (Å²) in [6.07, 6.45) is 0. The zero-order valence-electron chi connectivity index (χ0n) is 4.88. The summed E-state index contributed by atoms with van der Waals surface area (Å²) < 4.78 is 1.32. The minimum absolute atomic E-state index is 0.131. The van der Waals surface area contributed by atoms with Crippen LogP contribution in [0, 0.1) is 11.3 Å². The lowest BCUT2D eigenvalue weighted by molar-refractivity contribution is 0.711. The van der Waals surface area contributed by atoms with Gasteiger partial charge in [0, 0.05) is 6.07 Å². The quantitative estimate of drug-likeness (QED) is 0.653. The van der Waals surface area contributed by atoms with E-state index in [4.69, 9.17) is 28.5 Å². The number of aromatic nitrogens is 2. The maximum Gasteiger partial charge on any atom is 0.152 e. The molecule has 0 radical (unpaired) electrons. The van der Waals surface area contributed by atoms with Crippen LogP contribution in [0.1, 0.15) is 0 Å². The molecule has 5 heteroatoms. The van der Waals surface area contributed by atoms with Crippen LogP contribution in [0.5, 0.6) is 0 Å². The van der Waals surface area contributed by atoms with Crippen molar-refractivity contribution < 1.29 is 0 Å². The van der Waals surface area contributed by atoms with Gasteiger partial charge >= 0.3 is 0 Å². The minimum Gasteiger partial charge on any atom is -0.238 e. The lowest BCUT2D eigenvalue weighted by Gasteiger charge is -1.90. The summed E-state index contributed by atoms with van der Waals surface area (Å²) in [6.45, 7) is 0.131. The second-order valence-corrected chi connectivity index (χ2v) is 2.38. The predicted octanol–water partition coefficient (Wildman–Crippen LogP) is 1.71. The lowest BCUT2D eigenvalue weighted by Crippen LogP contribution is -1.96. The monoisotopic (exact) mass is 175 g/mol. The molecule has 0 aliphatic heterocycles. The van der Waals surface area contributed by atoms with Gasteiger partial charge in [0.2, 0.25) is 0 Å². The molecule has 0 spiro atoms. The molecule has 0 atom stereocenters. The molecule has 1 heterocycles. The number of rotatable bonds is 1. The van der Waals surface area contributed by atoms with E-state index < -0.39 is 0 Å². The van der Waals surface area contributed by atoms with E-state index in [1.54, 1.807) is 0 Å². The number of hydrogen-bond donors (Lipinski definition) is 0. The molecule has 1 aromatic heterocycles. The highest BCUT2D eigenvalue weighted by Crippen LogP contribution is 2.13. The van der Waals surface area contributed by atoms with Gasteiger partial charge in [-0.1, -0.05) is 23.2 Å². The van der Waals surface area contributed by atoms with Gasteiger partial charge in [-0.3, -0.25) is 0 Å². The van der Waals surface area contributed by atoms with Crippen LogP contribution in [0.15, 0.2) is 6.07 Å². The van der Waals surface area contributed by atoms with Crippen molar-refractivity contribution in [2.24, 2.45) is 0 Å². The van der Waals surface area contributed by atoms with E-state index in [2.05, 4.69) is 5.10 Å². The molecule has 0 aliphatic rings. The lowest BCUT2D eigenvalue weighted by atomic mass is 10.7. The Morgan fingerprint density at radius 3 is 2.80 bits per heavy atom. The molecular formula is C5H3Cl2N3. The maximum absolute atomic E-state index is 8.24. The van der Waals surface area contributed by atoms with E-state index in [0.717, 1.165) is 0 Å². The van der Waals surface area contributed by atoms with Crippen LogP contribution < -0.4 is 0 Å². The Bertz CT molecular complexity index is 273. The van der Waals surface area contributed by atoms with Crippen molar-refractivity contribution in [3.8, 4) is 6.07 Å². The molecule has 52 valence electrons. The Hall–Kier alpha value is -0.720. The number of nitrogens with zero attached hydrogens (tertiary/aromatic N) is 3. The van der Waals surface area contributed by atoms with Crippen molar-refractivity contribution in [1.82, 2.24) is 9.78 Å². The first-order chi connectivity index (χ1) is 4.74. The van der Waals surface area contributed by atoms with Crippen LogP contribution in [-0.4, -0.2) is 9.78 Å². The van der Waals surface area contributed by atoms with Gasteiger partial charge in [0.05, 0.1) is 6.07 Å². The van der Waals surface area contributed by atoms with Crippen molar-refractivity contribution in [3.63, 3.8) is 0 Å². The van der Waals surface area contributed by atoms with E-state index in [-0.39, 0.29) is 6.54 Å². The van der Waals surface area contributed by atoms with Crippen LogP contribution >= 0.6 is 23.2 Å². The Labute approximate surface area is 67.8 Å². The smallest absolute Gasteiger partial charge is 0.152 e. The molecule has 3 nitrogen and oxygen atoms in total. The van der Waals surface area contributed by atoms with E-state index in [1.165, 1.54) is 10.7 Å². The molecule has 0 saturated heterocycles. The van der Waals surface area contributed by atoms with Gasteiger partial charge in [-0.2, -0.15) is 10.4 Å². The maximum atomic E-state index is 8.24. The van der Waals surface area contributed by atoms with E-state index >= 15 is 0 Å². The van der Waals surface area contributed by atoms with Crippen molar-refractivity contribution in [2.45, 2.75) is 6.54 Å². The summed E-state index contributed by atoms with van der Waals surface area (Å²) in [4.78, 5) is 0. The molecule has 0 saturated carbocycles. The van der Waals surface area contributed by atoms with Crippen molar-refractivity contribution in [2.75, 3.05) is 0 Å². The molecule has 1 aromatic rings. The summed E-state index contributed by atoms with van der Waals surface area (Å²) in [5, 5.41) is 12.7. The third-order valence-corrected chi connectivity index (χ3v) is 1.41. The van der Waals surface area contributed by atoms with Crippen LogP contribution in [-0.2, 0) is 6.54 Å². The second kappa shape index (κ2) is 2.91. The topological polar surface area (TPSA) is 41.6 Å². The number of nitriles is 1. The Kier molecular flexibility index (Phi) is 2.15. The van der Waals surface area contributed by atoms with Gasteiger partial charge in [0.1, 0.15) is 11.7 Å². The standard InChI is InChI=1S/C5H3Cl2N3/c6-4-3-5(7)10(9-4)2-1-8/h3H,2H2. The molecule has 0 amide bonds. The summed E-state index contributed by atoms with van der Waals surface area (Å²) in [7, 11) is 0. The Balaban J connectivity index is 2.94. The molecule has 0 bridgehead atoms. The molecule has 0 aromatic carbocycles. The van der Waals surface area contributed by atoms with Crippen LogP contribution in [0.2, 0.25) is 10.3 Å². The van der Waals surface area contributed by atoms with Crippen LogP contribution in [0.3, 0.4) is 0 Å². The Morgan fingerprint density at radius 2 is 2.40 bits per heavy atom. The van der Waals surface area contributed by atoms with Gasteiger partial charge < -0.3 is 0 Å². The van der Waals surface area contributed by atoms with Gasteiger partial charge in [-0.15, -0.1) is 0 Å². The van der Waals surface area contributed by atoms with E-state index in [1.807, 2.05) is 6.07 Å². The zero-order valence-corrected chi connectivity index (χ0v) is 6.39. The molecule has 10 heavy (non-hydrogen) atoms. The summed E-state index contributed by atoms with van der Waals surface area (Å²) in [6, 6.07) is 3.38. The average molecular weight is 176 g/mol. The van der Waals surface area contributed by atoms with Crippen molar-refractivity contribution in [1.29, 1.82) is 5.26 Å². The molecule has 0 unspecified atom stereocenters. The molecule has 1 rings (SSSR count). The summed E-state index contributed by atoms with van der Waals surface area (Å²) in [5.41, 5.74) is 0. The fraction of sp³-hybridized carbons (Fsp3) is 0.200. The first kappa shape index (κ1) is 7.39. The van der Waals surface area contributed by atoms with Gasteiger partial charge in [-0.05, 0) is 0 Å². The SMILES string of the molecule is N#CCn1nc(Cl)cc1Cl. The van der Waals surface area contributed by atoms with Crippen LogP contribution in [0.4, 0.5) is 0 Å². The zero-order chi connectivity index (χ0) is 7.56. The summed E-state index contributed by atoms with van der Waals surface area (Å²) in [5.74, 6) is 0. The third-order valence-electron chi connectivity index (χ3n) is 0.922. The highest BCUT2D eigenvalue weighted by atomic mass is 35.5. The normalized spacial score (nSPS) is 9.30. The largest absolute Gasteiger partial charge is 0.238 e. The minimum atomic E-state index is 0.131. The first-order valence-electron chi connectivity index (χ1n) is 2.50. The molecule has 0 fully saturated rings. The fourth-order valence-electron chi connectivity index (χ4n) is 0.543. The van der Waals surface area contributed by atoms with Crippen LogP contribution in [0.25, 0.3) is 0 Å². The van der Waals surface area contributed by atoms with Gasteiger partial charge in [-0.25, -0.2) is 4.68 Å². The first-order valence-corrected chi connectivity index (χ1v) is 3.25. The summed E-state index contributed by atoms with van der Waals surface area (Å²) >= 11 is 11.1. The third kappa shape index (κ3) is 1.41. The average Bonchev–Trinajstić information content (AvgIpc) is 2.13. The highest BCUT2D eigenvalue weighted by Gasteiger charge is 2.01. The highest BCUT2D eigenvalue weighted by molar-refractivity contribution is 6.33. The van der Waals surface area contributed by atoms with Crippen molar-refractivity contribution >= 4 is 23.2 Å². The number of hydrogen-bond acceptors (Lipinski definition) is 2. The molecule has 0 aliphatic carbocycles. The van der Waals surface area contributed by atoms with Gasteiger partial charge in [0.25, 0.3) is 0 Å². The molecule has 0 N–H and O–H groups in total. The number of halogens is 2. The van der Waals surface area contributed by atoms with Gasteiger partial charge in [0.15, 0.2) is 5.15 Å². The van der Waals surface area contributed by atoms with E-state index in [0.29, 0.717) is 10.3 Å². The molecular weight excluding hydrogens is 173 g/mol. The van der Waals surface area contributed by atoms with E-state index in [9.17, 15) is 0 Å². The predicted molar refractivity (Wildman–Crippen MR) is 37.9 cm³/mol. The Morgan fingerprint density at radius 1 is 1.70 bits per heavy atom. The fourth-order valence-corrected chi connectivity index (χ4v) is 0.994. The second-order valence-electron chi connectivity index (χ2n) is 1.61.